The molecule has 0 spiro atoms. The minimum absolute atomic E-state index is 0.0405. The van der Waals surface area contributed by atoms with Gasteiger partial charge in [0, 0.05) is 57.2 Å². The van der Waals surface area contributed by atoms with Gasteiger partial charge >= 0.3 is 0 Å². The first kappa shape index (κ1) is 33.0. The van der Waals surface area contributed by atoms with Crippen LogP contribution in [-0.2, 0) is 22.4 Å². The van der Waals surface area contributed by atoms with E-state index in [1.807, 2.05) is 48.5 Å². The highest BCUT2D eigenvalue weighted by Crippen LogP contribution is 2.45. The quantitative estimate of drug-likeness (QED) is 0.0420. The molecule has 236 valence electrons. The van der Waals surface area contributed by atoms with Gasteiger partial charge in [-0.15, -0.1) is 0 Å². The molecule has 2 atom stereocenters. The normalized spacial score (nSPS) is 17.0. The Hall–Kier alpha value is -4.38. The van der Waals surface area contributed by atoms with E-state index in [0.717, 1.165) is 15.6 Å². The molecular weight excluding hydrogens is 672 g/mol. The number of amides is 1. The monoisotopic (exact) mass is 702 g/mol. The fourth-order valence-electron chi connectivity index (χ4n) is 5.17. The number of hydrogen-bond acceptors (Lipinski definition) is 7. The summed E-state index contributed by atoms with van der Waals surface area (Å²) in [6.07, 6.45) is 0.336. The lowest BCUT2D eigenvalue weighted by Gasteiger charge is -2.31. The number of azide groups is 1. The maximum absolute atomic E-state index is 14.4. The highest BCUT2D eigenvalue weighted by atomic mass is 79.9. The maximum Gasteiger partial charge on any atom is 0.266 e. The molecule has 0 bridgehead atoms. The van der Waals surface area contributed by atoms with Crippen molar-refractivity contribution in [2.45, 2.75) is 30.9 Å². The highest BCUT2D eigenvalue weighted by Gasteiger charge is 2.54. The van der Waals surface area contributed by atoms with Crippen LogP contribution in [0.15, 0.2) is 112 Å². The number of carbonyl (C=O) groups excluding carboxylic acids is 1. The SMILES string of the molecule is [N-]=[N+]=Nc1ccccc1[C@@H]1OC(c2ccc(OCCCO)cc2)=N[C@]1(Cc1ccc(Br)cc1)C(=O)NNCCc1ccccc1Cl. The molecule has 12 heteroatoms. The molecule has 1 aliphatic heterocycles. The van der Waals surface area contributed by atoms with Crippen molar-refractivity contribution < 1.29 is 19.4 Å². The van der Waals surface area contributed by atoms with E-state index in [0.29, 0.717) is 53.6 Å². The van der Waals surface area contributed by atoms with E-state index in [2.05, 4.69) is 36.8 Å². The molecule has 1 heterocycles. The number of aliphatic imine (C=N–C) groups is 1. The lowest BCUT2D eigenvalue weighted by atomic mass is 9.81. The van der Waals surface area contributed by atoms with Gasteiger partial charge < -0.3 is 14.6 Å². The molecule has 0 saturated carbocycles. The Morgan fingerprint density at radius 2 is 1.80 bits per heavy atom. The maximum atomic E-state index is 14.4. The molecule has 1 aliphatic rings. The summed E-state index contributed by atoms with van der Waals surface area (Å²) in [6.45, 7) is 0.837. The van der Waals surface area contributed by atoms with Crippen LogP contribution in [0.5, 0.6) is 5.75 Å². The number of nitrogens with one attached hydrogen (secondary N) is 2. The predicted octanol–water partition coefficient (Wildman–Crippen LogP) is 7.17. The van der Waals surface area contributed by atoms with Gasteiger partial charge in [0.1, 0.15) is 5.75 Å². The number of ether oxygens (including phenoxy) is 2. The number of rotatable bonds is 14. The van der Waals surface area contributed by atoms with Crippen LogP contribution in [0.4, 0.5) is 5.69 Å². The van der Waals surface area contributed by atoms with Crippen LogP contribution in [0, 0.1) is 0 Å². The van der Waals surface area contributed by atoms with E-state index < -0.39 is 17.6 Å². The fraction of sp³-hybridized carbons (Fsp3) is 0.235. The Morgan fingerprint density at radius 1 is 1.07 bits per heavy atom. The highest BCUT2D eigenvalue weighted by molar-refractivity contribution is 9.10. The van der Waals surface area contributed by atoms with E-state index in [4.69, 9.17) is 31.2 Å². The summed E-state index contributed by atoms with van der Waals surface area (Å²) in [6, 6.07) is 29.4. The first-order valence-corrected chi connectivity index (χ1v) is 15.9. The van der Waals surface area contributed by atoms with Crippen LogP contribution in [0.3, 0.4) is 0 Å². The number of aliphatic hydroxyl groups is 1. The summed E-state index contributed by atoms with van der Waals surface area (Å²) in [5, 5.41) is 13.6. The third-order valence-electron chi connectivity index (χ3n) is 7.47. The topological polar surface area (TPSA) is 141 Å². The Morgan fingerprint density at radius 3 is 2.54 bits per heavy atom. The van der Waals surface area contributed by atoms with Gasteiger partial charge in [-0.3, -0.25) is 10.2 Å². The van der Waals surface area contributed by atoms with E-state index in [1.54, 1.807) is 48.5 Å². The summed E-state index contributed by atoms with van der Waals surface area (Å²) in [5.41, 5.74) is 17.0. The number of hydrogen-bond donors (Lipinski definition) is 3. The van der Waals surface area contributed by atoms with Crippen molar-refractivity contribution in [1.29, 1.82) is 0 Å². The van der Waals surface area contributed by atoms with Gasteiger partial charge in [-0.25, -0.2) is 10.4 Å². The average molecular weight is 704 g/mol. The van der Waals surface area contributed by atoms with Gasteiger partial charge in [-0.05, 0) is 65.5 Å². The molecular formula is C34H32BrClN6O4. The first-order valence-electron chi connectivity index (χ1n) is 14.7. The van der Waals surface area contributed by atoms with Gasteiger partial charge in [0.25, 0.3) is 5.91 Å². The van der Waals surface area contributed by atoms with E-state index in [-0.39, 0.29) is 18.9 Å². The standard InChI is InChI=1S/C34H32BrClN6O4/c35-26-14-10-23(11-15-26)22-34(33(44)41-38-19-18-24-6-1-3-8-29(24)36)31(28-7-2-4-9-30(28)40-42-37)46-32(39-34)25-12-16-27(17-13-25)45-21-5-20-43/h1-4,6-17,31,38,43H,5,18-22H2,(H,41,44)/t31-,34-/m0/s1. The molecule has 0 aromatic heterocycles. The van der Waals surface area contributed by atoms with Crippen molar-refractivity contribution in [1.82, 2.24) is 10.9 Å². The summed E-state index contributed by atoms with van der Waals surface area (Å²) in [4.78, 5) is 22.4. The van der Waals surface area contributed by atoms with Crippen molar-refractivity contribution in [2.75, 3.05) is 19.8 Å². The van der Waals surface area contributed by atoms with Crippen molar-refractivity contribution in [2.24, 2.45) is 10.1 Å². The number of halogens is 2. The zero-order valence-electron chi connectivity index (χ0n) is 24.8. The Bertz CT molecular complexity index is 1730. The third-order valence-corrected chi connectivity index (χ3v) is 8.36. The number of hydrazine groups is 1. The van der Waals surface area contributed by atoms with Crippen molar-refractivity contribution in [3.05, 3.63) is 139 Å². The van der Waals surface area contributed by atoms with Gasteiger partial charge in [0.05, 0.1) is 6.61 Å². The molecule has 4 aromatic carbocycles. The first-order chi connectivity index (χ1) is 22.4. The van der Waals surface area contributed by atoms with Crippen LogP contribution in [-0.4, -0.2) is 42.2 Å². The molecule has 0 aliphatic carbocycles. The van der Waals surface area contributed by atoms with Crippen molar-refractivity contribution >= 4 is 45.0 Å². The molecule has 5 rings (SSSR count). The van der Waals surface area contributed by atoms with E-state index >= 15 is 0 Å². The van der Waals surface area contributed by atoms with Gasteiger partial charge in [0.2, 0.25) is 5.90 Å². The molecule has 0 radical (unpaired) electrons. The minimum Gasteiger partial charge on any atom is -0.494 e. The van der Waals surface area contributed by atoms with Crippen LogP contribution in [0.25, 0.3) is 10.4 Å². The molecule has 4 aromatic rings. The summed E-state index contributed by atoms with van der Waals surface area (Å²) >= 11 is 9.82. The Balaban J connectivity index is 1.52. The second kappa shape index (κ2) is 15.8. The lowest BCUT2D eigenvalue weighted by Crippen LogP contribution is -2.54. The number of benzene rings is 4. The molecule has 0 saturated heterocycles. The zero-order valence-corrected chi connectivity index (χ0v) is 27.1. The third kappa shape index (κ3) is 7.88. The fourth-order valence-corrected chi connectivity index (χ4v) is 5.67. The van der Waals surface area contributed by atoms with Crippen LogP contribution in [0.2, 0.25) is 5.02 Å². The molecule has 0 unspecified atom stereocenters. The van der Waals surface area contributed by atoms with Gasteiger partial charge in [0.15, 0.2) is 11.6 Å². The van der Waals surface area contributed by atoms with E-state index in [1.165, 1.54) is 0 Å². The Labute approximate surface area is 280 Å². The Kier molecular flexibility index (Phi) is 11.3. The van der Waals surface area contributed by atoms with E-state index in [9.17, 15) is 10.3 Å². The van der Waals surface area contributed by atoms with Crippen LogP contribution in [0.1, 0.15) is 34.8 Å². The number of nitrogens with zero attached hydrogens (tertiary/aromatic N) is 4. The smallest absolute Gasteiger partial charge is 0.266 e. The molecule has 3 N–H and O–H groups in total. The minimum atomic E-state index is -1.50. The molecule has 10 nitrogen and oxygen atoms in total. The van der Waals surface area contributed by atoms with Gasteiger partial charge in [-0.1, -0.05) is 87.2 Å². The zero-order chi connectivity index (χ0) is 32.4. The summed E-state index contributed by atoms with van der Waals surface area (Å²) in [7, 11) is 0. The molecule has 46 heavy (non-hydrogen) atoms. The second-order valence-electron chi connectivity index (χ2n) is 10.6. The average Bonchev–Trinajstić information content (AvgIpc) is 3.46. The molecule has 0 fully saturated rings. The lowest BCUT2D eigenvalue weighted by molar-refractivity contribution is -0.130. The molecule has 1 amide bonds. The number of aliphatic hydroxyl groups excluding tert-OH is 1. The van der Waals surface area contributed by atoms with Crippen molar-refractivity contribution in [3.63, 3.8) is 0 Å². The van der Waals surface area contributed by atoms with Crippen LogP contribution < -0.4 is 15.6 Å². The summed E-state index contributed by atoms with van der Waals surface area (Å²) in [5.74, 6) is 0.461. The van der Waals surface area contributed by atoms with Crippen molar-refractivity contribution in [3.8, 4) is 5.75 Å². The largest absolute Gasteiger partial charge is 0.494 e. The summed E-state index contributed by atoms with van der Waals surface area (Å²) < 4.78 is 13.1. The second-order valence-corrected chi connectivity index (χ2v) is 11.9. The van der Waals surface area contributed by atoms with Gasteiger partial charge in [-0.2, -0.15) is 0 Å². The predicted molar refractivity (Wildman–Crippen MR) is 181 cm³/mol. The number of carbonyl (C=O) groups is 1. The van der Waals surface area contributed by atoms with Crippen LogP contribution >= 0.6 is 27.5 Å².